The minimum absolute atomic E-state index is 0. The fourth-order valence-electron chi connectivity index (χ4n) is 2.42. The van der Waals surface area contributed by atoms with Crippen molar-refractivity contribution in [3.8, 4) is 0 Å². The summed E-state index contributed by atoms with van der Waals surface area (Å²) in [6.45, 7) is 3.72. The van der Waals surface area contributed by atoms with E-state index in [1.54, 1.807) is 24.4 Å². The molecule has 0 saturated heterocycles. The van der Waals surface area contributed by atoms with Crippen LogP contribution in [-0.2, 0) is 17.8 Å². The quantitative estimate of drug-likeness (QED) is 0.166. The molecule has 1 aromatic heterocycles. The van der Waals surface area contributed by atoms with E-state index in [9.17, 15) is 9.59 Å². The molecule has 5 N–H and O–H groups in total. The van der Waals surface area contributed by atoms with Gasteiger partial charge in [0.2, 0.25) is 5.91 Å². The van der Waals surface area contributed by atoms with E-state index >= 15 is 0 Å². The molecule has 2 rings (SSSR count). The van der Waals surface area contributed by atoms with Gasteiger partial charge >= 0.3 is 0 Å². The number of carbonyl (C=O) groups excluding carboxylic acids is 2. The number of nitrogens with zero attached hydrogens (tertiary/aromatic N) is 2. The average Bonchev–Trinajstić information content (AvgIpc) is 2.72. The second-order valence-corrected chi connectivity index (χ2v) is 6.59. The zero-order valence-electron chi connectivity index (χ0n) is 16.7. The third kappa shape index (κ3) is 9.40. The van der Waals surface area contributed by atoms with Gasteiger partial charge in [0.15, 0.2) is 5.96 Å². The van der Waals surface area contributed by atoms with Crippen LogP contribution >= 0.6 is 35.6 Å². The van der Waals surface area contributed by atoms with Gasteiger partial charge in [-0.3, -0.25) is 9.59 Å². The van der Waals surface area contributed by atoms with Gasteiger partial charge in [-0.15, -0.1) is 24.0 Å². The summed E-state index contributed by atoms with van der Waals surface area (Å²) in [5, 5.41) is 9.41. The highest BCUT2D eigenvalue weighted by Crippen LogP contribution is 2.07. The predicted octanol–water partition coefficient (Wildman–Crippen LogP) is 1.87. The van der Waals surface area contributed by atoms with Crippen LogP contribution in [0.25, 0.3) is 0 Å². The van der Waals surface area contributed by atoms with Crippen LogP contribution in [0.15, 0.2) is 47.6 Å². The zero-order valence-corrected chi connectivity index (χ0v) is 19.7. The summed E-state index contributed by atoms with van der Waals surface area (Å²) < 4.78 is 0. The summed E-state index contributed by atoms with van der Waals surface area (Å²) in [5.74, 6) is -0.219. The standard InChI is InChI=1S/C20H25ClN6O2.HI/c1-2-23-20(24-10-9-15-5-8-17(21)25-11-15)27-12-14-3-6-16(7-4-14)19(29)26-13-18(22)28;/h3-8,11H,2,9-10,12-13H2,1H3,(H2,22,28)(H,26,29)(H2,23,24,27);1H. The van der Waals surface area contributed by atoms with E-state index in [4.69, 9.17) is 17.3 Å². The number of benzene rings is 1. The van der Waals surface area contributed by atoms with Gasteiger partial charge in [0, 0.05) is 24.8 Å². The van der Waals surface area contributed by atoms with E-state index in [1.165, 1.54) is 0 Å². The fourth-order valence-corrected chi connectivity index (χ4v) is 2.53. The van der Waals surface area contributed by atoms with Gasteiger partial charge in [0.05, 0.1) is 13.1 Å². The van der Waals surface area contributed by atoms with Gasteiger partial charge in [-0.25, -0.2) is 9.98 Å². The summed E-state index contributed by atoms with van der Waals surface area (Å²) in [6, 6.07) is 10.7. The molecule has 0 radical (unpaired) electrons. The van der Waals surface area contributed by atoms with Crippen molar-refractivity contribution in [1.82, 2.24) is 20.9 Å². The molecule has 1 aromatic carbocycles. The highest BCUT2D eigenvalue weighted by Gasteiger charge is 2.06. The molecule has 0 fully saturated rings. The molecule has 2 amide bonds. The first-order chi connectivity index (χ1) is 14.0. The Balaban J connectivity index is 0.00000450. The number of pyridine rings is 1. The molecule has 0 aliphatic carbocycles. The van der Waals surface area contributed by atoms with Crippen molar-refractivity contribution in [3.05, 3.63) is 64.4 Å². The highest BCUT2D eigenvalue weighted by atomic mass is 127. The van der Waals surface area contributed by atoms with E-state index in [2.05, 4.69) is 25.9 Å². The number of primary amides is 1. The van der Waals surface area contributed by atoms with Crippen LogP contribution in [0.2, 0.25) is 5.15 Å². The number of aliphatic imine (C=N–C) groups is 1. The summed E-state index contributed by atoms with van der Waals surface area (Å²) in [5.41, 5.74) is 7.52. The van der Waals surface area contributed by atoms with Crippen LogP contribution in [0.3, 0.4) is 0 Å². The third-order valence-electron chi connectivity index (χ3n) is 3.90. The summed E-state index contributed by atoms with van der Waals surface area (Å²) in [6.07, 6.45) is 2.55. The maximum absolute atomic E-state index is 11.9. The molecular weight excluding hydrogens is 519 g/mol. The molecule has 8 nitrogen and oxygen atoms in total. The number of amides is 2. The lowest BCUT2D eigenvalue weighted by Gasteiger charge is -2.11. The lowest BCUT2D eigenvalue weighted by Crippen LogP contribution is -2.38. The van der Waals surface area contributed by atoms with Gasteiger partial charge in [0.25, 0.3) is 5.91 Å². The second kappa shape index (κ2) is 13.8. The molecule has 0 aliphatic rings. The normalized spacial score (nSPS) is 10.7. The van der Waals surface area contributed by atoms with Gasteiger partial charge in [-0.2, -0.15) is 0 Å². The Labute approximate surface area is 198 Å². The lowest BCUT2D eigenvalue weighted by molar-refractivity contribution is -0.117. The summed E-state index contributed by atoms with van der Waals surface area (Å²) >= 11 is 5.80. The summed E-state index contributed by atoms with van der Waals surface area (Å²) in [7, 11) is 0. The number of hydrogen-bond acceptors (Lipinski definition) is 4. The first kappa shape index (κ1) is 25.6. The van der Waals surface area contributed by atoms with Crippen LogP contribution in [0.1, 0.15) is 28.4 Å². The molecular formula is C20H26ClIN6O2. The number of nitrogens with two attached hydrogens (primary N) is 1. The molecule has 0 bridgehead atoms. The minimum atomic E-state index is -0.583. The average molecular weight is 545 g/mol. The Bertz CT molecular complexity index is 843. The van der Waals surface area contributed by atoms with Crippen LogP contribution in [-0.4, -0.2) is 42.4 Å². The monoisotopic (exact) mass is 544 g/mol. The van der Waals surface area contributed by atoms with Crippen LogP contribution < -0.4 is 21.7 Å². The maximum Gasteiger partial charge on any atom is 0.251 e. The van der Waals surface area contributed by atoms with Crippen molar-refractivity contribution >= 4 is 53.4 Å². The van der Waals surface area contributed by atoms with Crippen molar-refractivity contribution < 1.29 is 9.59 Å². The molecule has 0 spiro atoms. The number of nitrogens with one attached hydrogen (secondary N) is 3. The van der Waals surface area contributed by atoms with E-state index in [-0.39, 0.29) is 36.4 Å². The molecule has 0 unspecified atom stereocenters. The van der Waals surface area contributed by atoms with Crippen molar-refractivity contribution in [2.24, 2.45) is 10.7 Å². The Morgan fingerprint density at radius 2 is 1.77 bits per heavy atom. The van der Waals surface area contributed by atoms with E-state index in [0.29, 0.717) is 29.8 Å². The number of halogens is 2. The maximum atomic E-state index is 11.9. The Morgan fingerprint density at radius 1 is 1.07 bits per heavy atom. The molecule has 162 valence electrons. The minimum Gasteiger partial charge on any atom is -0.368 e. The topological polar surface area (TPSA) is 122 Å². The van der Waals surface area contributed by atoms with E-state index in [1.807, 2.05) is 25.1 Å². The third-order valence-corrected chi connectivity index (χ3v) is 4.12. The molecule has 2 aromatic rings. The molecule has 0 aliphatic heterocycles. The Hall–Kier alpha value is -2.40. The van der Waals surface area contributed by atoms with E-state index in [0.717, 1.165) is 24.1 Å². The Morgan fingerprint density at radius 3 is 2.37 bits per heavy atom. The van der Waals surface area contributed by atoms with Crippen LogP contribution in [0.5, 0.6) is 0 Å². The number of rotatable bonds is 9. The first-order valence-corrected chi connectivity index (χ1v) is 9.63. The van der Waals surface area contributed by atoms with Crippen molar-refractivity contribution in [2.75, 3.05) is 19.6 Å². The lowest BCUT2D eigenvalue weighted by atomic mass is 10.1. The smallest absolute Gasteiger partial charge is 0.251 e. The van der Waals surface area contributed by atoms with E-state index < -0.39 is 5.91 Å². The van der Waals surface area contributed by atoms with Crippen LogP contribution in [0, 0.1) is 0 Å². The van der Waals surface area contributed by atoms with Crippen LogP contribution in [0.4, 0.5) is 0 Å². The molecule has 30 heavy (non-hydrogen) atoms. The summed E-state index contributed by atoms with van der Waals surface area (Å²) in [4.78, 5) is 31.2. The molecule has 1 heterocycles. The van der Waals surface area contributed by atoms with Gasteiger partial charge in [0.1, 0.15) is 5.15 Å². The first-order valence-electron chi connectivity index (χ1n) is 9.26. The number of carbonyl (C=O) groups is 2. The highest BCUT2D eigenvalue weighted by molar-refractivity contribution is 14.0. The van der Waals surface area contributed by atoms with Gasteiger partial charge in [-0.1, -0.05) is 29.8 Å². The SMILES string of the molecule is CCNC(=NCc1ccc(C(=O)NCC(N)=O)cc1)NCCc1ccc(Cl)nc1.I. The predicted molar refractivity (Wildman–Crippen MR) is 129 cm³/mol. The Kier molecular flexibility index (Phi) is 11.8. The molecule has 0 saturated carbocycles. The zero-order chi connectivity index (χ0) is 21.1. The largest absolute Gasteiger partial charge is 0.368 e. The number of hydrogen-bond donors (Lipinski definition) is 4. The van der Waals surface area contributed by atoms with Crippen molar-refractivity contribution in [3.63, 3.8) is 0 Å². The number of guanidine groups is 1. The number of aromatic nitrogens is 1. The molecule has 10 heteroatoms. The van der Waals surface area contributed by atoms with Crippen molar-refractivity contribution in [1.29, 1.82) is 0 Å². The second-order valence-electron chi connectivity index (χ2n) is 6.21. The molecule has 0 atom stereocenters. The van der Waals surface area contributed by atoms with Gasteiger partial charge < -0.3 is 21.7 Å². The van der Waals surface area contributed by atoms with Crippen molar-refractivity contribution in [2.45, 2.75) is 19.9 Å². The fraction of sp³-hybridized carbons (Fsp3) is 0.300. The van der Waals surface area contributed by atoms with Gasteiger partial charge in [-0.05, 0) is 42.7 Å².